The lowest BCUT2D eigenvalue weighted by atomic mass is 9.70. The molecule has 1 heterocycles. The summed E-state index contributed by atoms with van der Waals surface area (Å²) >= 11 is 0. The van der Waals surface area contributed by atoms with Crippen LogP contribution in [0.15, 0.2) is 54.6 Å². The molecule has 33 heavy (non-hydrogen) atoms. The van der Waals surface area contributed by atoms with Gasteiger partial charge in [0.05, 0.1) is 18.1 Å². The zero-order valence-corrected chi connectivity index (χ0v) is 19.8. The molecular formula is C27H36FN3O2. The number of nitriles is 1. The van der Waals surface area contributed by atoms with E-state index >= 15 is 0 Å². The predicted octanol–water partition coefficient (Wildman–Crippen LogP) is 4.08. The van der Waals surface area contributed by atoms with Gasteiger partial charge in [-0.15, -0.1) is 0 Å². The minimum Gasteiger partial charge on any atom is -0.492 e. The van der Waals surface area contributed by atoms with Crippen LogP contribution in [0.3, 0.4) is 0 Å². The number of hydrogen-bond acceptors (Lipinski definition) is 5. The van der Waals surface area contributed by atoms with Crippen molar-refractivity contribution in [1.82, 2.24) is 9.80 Å². The molecule has 178 valence electrons. The zero-order chi connectivity index (χ0) is 23.7. The normalized spacial score (nSPS) is 19.2. The van der Waals surface area contributed by atoms with Crippen LogP contribution in [0, 0.1) is 23.1 Å². The number of benzene rings is 2. The van der Waals surface area contributed by atoms with E-state index in [0.29, 0.717) is 12.4 Å². The lowest BCUT2D eigenvalue weighted by Gasteiger charge is -2.41. The van der Waals surface area contributed by atoms with Crippen LogP contribution in [0.25, 0.3) is 0 Å². The lowest BCUT2D eigenvalue weighted by Crippen LogP contribution is -2.55. The molecule has 2 aromatic carbocycles. The summed E-state index contributed by atoms with van der Waals surface area (Å²) in [5.74, 6) is 0.614. The van der Waals surface area contributed by atoms with Crippen molar-refractivity contribution in [2.24, 2.45) is 5.92 Å². The SMILES string of the molecule is CC(C)C(C#N)(CCCN1CCN(CCOc2ccc(F)cc2)CC1CO)c1ccccc1. The summed E-state index contributed by atoms with van der Waals surface area (Å²) in [4.78, 5) is 4.66. The van der Waals surface area contributed by atoms with Gasteiger partial charge in [0, 0.05) is 32.2 Å². The molecule has 1 fully saturated rings. The third-order valence-corrected chi connectivity index (χ3v) is 6.88. The topological polar surface area (TPSA) is 59.7 Å². The van der Waals surface area contributed by atoms with Crippen molar-refractivity contribution >= 4 is 0 Å². The van der Waals surface area contributed by atoms with Crippen LogP contribution in [0.4, 0.5) is 4.39 Å². The van der Waals surface area contributed by atoms with Crippen molar-refractivity contribution in [2.45, 2.75) is 38.1 Å². The van der Waals surface area contributed by atoms with Crippen molar-refractivity contribution in [3.8, 4) is 11.8 Å². The van der Waals surface area contributed by atoms with E-state index in [9.17, 15) is 14.8 Å². The molecule has 0 radical (unpaired) electrons. The molecule has 2 unspecified atom stereocenters. The number of hydrogen-bond donors (Lipinski definition) is 1. The fourth-order valence-electron chi connectivity index (χ4n) is 4.76. The summed E-state index contributed by atoms with van der Waals surface area (Å²) in [7, 11) is 0. The van der Waals surface area contributed by atoms with Crippen LogP contribution in [0.1, 0.15) is 32.3 Å². The van der Waals surface area contributed by atoms with Crippen LogP contribution in [-0.2, 0) is 5.41 Å². The molecule has 2 aromatic rings. The van der Waals surface area contributed by atoms with Gasteiger partial charge >= 0.3 is 0 Å². The Morgan fingerprint density at radius 1 is 1.12 bits per heavy atom. The highest BCUT2D eigenvalue weighted by molar-refractivity contribution is 5.33. The Bertz CT molecular complexity index is 884. The van der Waals surface area contributed by atoms with Gasteiger partial charge in [-0.25, -0.2) is 4.39 Å². The number of piperazine rings is 1. The number of rotatable bonds is 11. The second-order valence-corrected chi connectivity index (χ2v) is 9.18. The Kier molecular flexibility index (Phi) is 9.25. The maximum absolute atomic E-state index is 13.0. The van der Waals surface area contributed by atoms with Gasteiger partial charge in [-0.05, 0) is 55.1 Å². The Morgan fingerprint density at radius 3 is 2.48 bits per heavy atom. The maximum atomic E-state index is 13.0. The highest BCUT2D eigenvalue weighted by Crippen LogP contribution is 2.36. The first kappa shape index (κ1) is 25.2. The van der Waals surface area contributed by atoms with Crippen molar-refractivity contribution in [1.29, 1.82) is 5.26 Å². The molecule has 1 aliphatic rings. The summed E-state index contributed by atoms with van der Waals surface area (Å²) < 4.78 is 18.7. The van der Waals surface area contributed by atoms with E-state index in [1.807, 2.05) is 18.2 Å². The number of aliphatic hydroxyl groups excluding tert-OH is 1. The van der Waals surface area contributed by atoms with E-state index in [4.69, 9.17) is 4.74 Å². The second-order valence-electron chi connectivity index (χ2n) is 9.18. The van der Waals surface area contributed by atoms with Gasteiger partial charge in [0.2, 0.25) is 0 Å². The van der Waals surface area contributed by atoms with E-state index in [2.05, 4.69) is 41.8 Å². The summed E-state index contributed by atoms with van der Waals surface area (Å²) in [5, 5.41) is 20.1. The molecule has 5 nitrogen and oxygen atoms in total. The molecule has 0 aliphatic carbocycles. The standard InChI is InChI=1S/C27H36FN3O2/c1-22(2)27(21-29,23-7-4-3-5-8-23)13-6-14-31-16-15-30(19-25(31)20-32)17-18-33-26-11-9-24(28)10-12-26/h3-5,7-12,22,25,32H,6,13-20H2,1-2H3. The molecule has 1 N–H and O–H groups in total. The average molecular weight is 454 g/mol. The molecule has 0 amide bonds. The van der Waals surface area contributed by atoms with E-state index in [1.54, 1.807) is 12.1 Å². The molecule has 0 spiro atoms. The van der Waals surface area contributed by atoms with Crippen molar-refractivity contribution in [3.63, 3.8) is 0 Å². The molecule has 0 aromatic heterocycles. The van der Waals surface area contributed by atoms with Crippen molar-refractivity contribution in [3.05, 3.63) is 66.0 Å². The molecule has 1 saturated heterocycles. The molecule has 0 bridgehead atoms. The Morgan fingerprint density at radius 2 is 1.85 bits per heavy atom. The van der Waals surface area contributed by atoms with E-state index in [0.717, 1.165) is 51.1 Å². The van der Waals surface area contributed by atoms with Crippen molar-refractivity contribution < 1.29 is 14.2 Å². The quantitative estimate of drug-likeness (QED) is 0.556. The molecule has 2 atom stereocenters. The van der Waals surface area contributed by atoms with Crippen LogP contribution in [-0.4, -0.2) is 66.9 Å². The molecule has 0 saturated carbocycles. The van der Waals surface area contributed by atoms with Gasteiger partial charge in [-0.2, -0.15) is 5.26 Å². The van der Waals surface area contributed by atoms with Gasteiger partial charge in [-0.1, -0.05) is 44.2 Å². The zero-order valence-electron chi connectivity index (χ0n) is 19.8. The van der Waals surface area contributed by atoms with Crippen LogP contribution in [0.5, 0.6) is 5.75 Å². The van der Waals surface area contributed by atoms with E-state index < -0.39 is 5.41 Å². The van der Waals surface area contributed by atoms with Crippen LogP contribution >= 0.6 is 0 Å². The predicted molar refractivity (Wildman–Crippen MR) is 129 cm³/mol. The number of nitrogens with zero attached hydrogens (tertiary/aromatic N) is 3. The number of aliphatic hydroxyl groups is 1. The minimum absolute atomic E-state index is 0.0804. The monoisotopic (exact) mass is 453 g/mol. The van der Waals surface area contributed by atoms with E-state index in [1.165, 1.54) is 12.1 Å². The Hall–Kier alpha value is -2.46. The smallest absolute Gasteiger partial charge is 0.123 e. The van der Waals surface area contributed by atoms with E-state index in [-0.39, 0.29) is 24.4 Å². The highest BCUT2D eigenvalue weighted by Gasteiger charge is 2.36. The molecule has 6 heteroatoms. The van der Waals surface area contributed by atoms with Gasteiger partial charge < -0.3 is 9.84 Å². The highest BCUT2D eigenvalue weighted by atomic mass is 19.1. The molecule has 1 aliphatic heterocycles. The lowest BCUT2D eigenvalue weighted by molar-refractivity contribution is 0.0329. The van der Waals surface area contributed by atoms with Crippen molar-refractivity contribution in [2.75, 3.05) is 45.9 Å². The fourth-order valence-corrected chi connectivity index (χ4v) is 4.76. The summed E-state index contributed by atoms with van der Waals surface area (Å²) in [6.45, 7) is 9.11. The summed E-state index contributed by atoms with van der Waals surface area (Å²) in [6, 6.07) is 18.9. The van der Waals surface area contributed by atoms with Gasteiger partial charge in [-0.3, -0.25) is 9.80 Å². The summed E-state index contributed by atoms with van der Waals surface area (Å²) in [6.07, 6.45) is 1.71. The first-order valence-corrected chi connectivity index (χ1v) is 11.9. The summed E-state index contributed by atoms with van der Waals surface area (Å²) in [5.41, 5.74) is 0.599. The largest absolute Gasteiger partial charge is 0.492 e. The minimum atomic E-state index is -0.491. The Balaban J connectivity index is 1.48. The van der Waals surface area contributed by atoms with Crippen LogP contribution in [0.2, 0.25) is 0 Å². The molecular weight excluding hydrogens is 417 g/mol. The van der Waals surface area contributed by atoms with Gasteiger partial charge in [0.15, 0.2) is 0 Å². The fraction of sp³-hybridized carbons (Fsp3) is 0.519. The first-order valence-electron chi connectivity index (χ1n) is 11.9. The third kappa shape index (κ3) is 6.54. The Labute approximate surface area is 197 Å². The number of halogens is 1. The van der Waals surface area contributed by atoms with Crippen LogP contribution < -0.4 is 4.74 Å². The first-order chi connectivity index (χ1) is 16.0. The third-order valence-electron chi connectivity index (χ3n) is 6.88. The maximum Gasteiger partial charge on any atom is 0.123 e. The second kappa shape index (κ2) is 12.1. The molecule has 3 rings (SSSR count). The number of ether oxygens (including phenoxy) is 1. The average Bonchev–Trinajstić information content (AvgIpc) is 2.84. The van der Waals surface area contributed by atoms with Gasteiger partial charge in [0.25, 0.3) is 0 Å². The van der Waals surface area contributed by atoms with Gasteiger partial charge in [0.1, 0.15) is 18.2 Å².